The SMILES string of the molecule is CCCP(Cl)CC. The normalized spacial score (nSPS) is 14.1. The molecule has 44 valence electrons. The molecule has 0 N–H and O–H groups in total. The predicted octanol–water partition coefficient (Wildman–Crippen LogP) is 3.05. The fourth-order valence-electron chi connectivity index (χ4n) is 0.401. The molecule has 0 nitrogen and oxygen atoms in total. The van der Waals surface area contributed by atoms with E-state index in [1.54, 1.807) is 0 Å². The van der Waals surface area contributed by atoms with Gasteiger partial charge in [-0.05, 0) is 19.6 Å². The van der Waals surface area contributed by atoms with Crippen molar-refractivity contribution in [1.29, 1.82) is 0 Å². The highest BCUT2D eigenvalue weighted by Crippen LogP contribution is 2.40. The Morgan fingerprint density at radius 3 is 2.14 bits per heavy atom. The summed E-state index contributed by atoms with van der Waals surface area (Å²) in [6.07, 6.45) is 3.64. The molecule has 7 heavy (non-hydrogen) atoms. The molecule has 2 heteroatoms. The zero-order chi connectivity index (χ0) is 5.70. The van der Waals surface area contributed by atoms with Crippen molar-refractivity contribution in [3.63, 3.8) is 0 Å². The molecule has 0 heterocycles. The van der Waals surface area contributed by atoms with Gasteiger partial charge in [0.25, 0.3) is 0 Å². The fourth-order valence-corrected chi connectivity index (χ4v) is 1.71. The monoisotopic (exact) mass is 138 g/mol. The molecule has 0 radical (unpaired) electrons. The standard InChI is InChI=1S/C5H12ClP/c1-3-5-7(6)4-2/h3-5H2,1-2H3. The molecule has 1 unspecified atom stereocenters. The van der Waals surface area contributed by atoms with E-state index in [-0.39, 0.29) is 7.27 Å². The number of rotatable bonds is 3. The van der Waals surface area contributed by atoms with Gasteiger partial charge in [-0.3, -0.25) is 0 Å². The van der Waals surface area contributed by atoms with Crippen molar-refractivity contribution >= 4 is 18.5 Å². The Labute approximate surface area is 51.8 Å². The van der Waals surface area contributed by atoms with Gasteiger partial charge >= 0.3 is 0 Å². The van der Waals surface area contributed by atoms with E-state index in [1.807, 2.05) is 0 Å². The van der Waals surface area contributed by atoms with Crippen LogP contribution in [-0.4, -0.2) is 12.3 Å². The topological polar surface area (TPSA) is 0 Å². The molecule has 0 aromatic carbocycles. The van der Waals surface area contributed by atoms with Gasteiger partial charge in [0.1, 0.15) is 0 Å². The molecule has 0 aliphatic heterocycles. The average molecular weight is 139 g/mol. The van der Waals surface area contributed by atoms with E-state index in [1.165, 1.54) is 18.7 Å². The quantitative estimate of drug-likeness (QED) is 0.526. The number of halogens is 1. The van der Waals surface area contributed by atoms with Gasteiger partial charge in [0, 0.05) is 0 Å². The van der Waals surface area contributed by atoms with Crippen LogP contribution in [0.4, 0.5) is 0 Å². The van der Waals surface area contributed by atoms with E-state index in [0.29, 0.717) is 0 Å². The molecule has 0 amide bonds. The third kappa shape index (κ3) is 4.58. The lowest BCUT2D eigenvalue weighted by Gasteiger charge is -2.00. The van der Waals surface area contributed by atoms with Crippen LogP contribution in [0.2, 0.25) is 0 Å². The summed E-state index contributed by atoms with van der Waals surface area (Å²) in [6.45, 7) is 4.32. The van der Waals surface area contributed by atoms with Gasteiger partial charge in [0.2, 0.25) is 0 Å². The molecule has 0 saturated carbocycles. The van der Waals surface area contributed by atoms with Crippen LogP contribution in [0.15, 0.2) is 0 Å². The van der Waals surface area contributed by atoms with Gasteiger partial charge in [0.15, 0.2) is 0 Å². The number of hydrogen-bond donors (Lipinski definition) is 0. The zero-order valence-corrected chi connectivity index (χ0v) is 6.60. The predicted molar refractivity (Wildman–Crippen MR) is 38.5 cm³/mol. The molecule has 0 bridgehead atoms. The zero-order valence-electron chi connectivity index (χ0n) is 4.95. The summed E-state index contributed by atoms with van der Waals surface area (Å²) in [7, 11) is -0.106. The molecule has 1 atom stereocenters. The summed E-state index contributed by atoms with van der Waals surface area (Å²) in [5.74, 6) is 0. The molecule has 0 saturated heterocycles. The van der Waals surface area contributed by atoms with Crippen LogP contribution in [0, 0.1) is 0 Å². The van der Waals surface area contributed by atoms with Crippen LogP contribution >= 0.6 is 18.5 Å². The summed E-state index contributed by atoms with van der Waals surface area (Å²) < 4.78 is 0. The fraction of sp³-hybridized carbons (Fsp3) is 1.00. The van der Waals surface area contributed by atoms with Crippen molar-refractivity contribution in [2.24, 2.45) is 0 Å². The lowest BCUT2D eigenvalue weighted by Crippen LogP contribution is -1.75. The molecule has 0 fully saturated rings. The van der Waals surface area contributed by atoms with Crippen LogP contribution < -0.4 is 0 Å². The summed E-state index contributed by atoms with van der Waals surface area (Å²) >= 11 is 5.83. The van der Waals surface area contributed by atoms with Gasteiger partial charge in [-0.2, -0.15) is 0 Å². The Hall–Kier alpha value is 0.720. The van der Waals surface area contributed by atoms with Crippen LogP contribution in [0.5, 0.6) is 0 Å². The molecule has 0 spiro atoms. The Balaban J connectivity index is 2.83. The maximum atomic E-state index is 5.83. The van der Waals surface area contributed by atoms with Crippen molar-refractivity contribution in [3.8, 4) is 0 Å². The van der Waals surface area contributed by atoms with Crippen molar-refractivity contribution in [2.75, 3.05) is 12.3 Å². The molecular weight excluding hydrogens is 126 g/mol. The Kier molecular flexibility index (Phi) is 5.37. The van der Waals surface area contributed by atoms with E-state index < -0.39 is 0 Å². The highest BCUT2D eigenvalue weighted by atomic mass is 35.7. The third-order valence-electron chi connectivity index (χ3n) is 0.809. The first-order valence-corrected chi connectivity index (χ1v) is 5.33. The van der Waals surface area contributed by atoms with Gasteiger partial charge in [-0.15, -0.1) is 0 Å². The summed E-state index contributed by atoms with van der Waals surface area (Å²) in [4.78, 5) is 0. The van der Waals surface area contributed by atoms with E-state index in [4.69, 9.17) is 11.2 Å². The second kappa shape index (κ2) is 4.87. The molecule has 0 aromatic rings. The van der Waals surface area contributed by atoms with Crippen LogP contribution in [-0.2, 0) is 0 Å². The van der Waals surface area contributed by atoms with Crippen molar-refractivity contribution < 1.29 is 0 Å². The van der Waals surface area contributed by atoms with E-state index in [2.05, 4.69) is 13.8 Å². The average Bonchev–Trinajstić information content (AvgIpc) is 1.68. The van der Waals surface area contributed by atoms with Gasteiger partial charge in [0.05, 0.1) is 0 Å². The summed E-state index contributed by atoms with van der Waals surface area (Å²) in [5, 5.41) is 0. The second-order valence-electron chi connectivity index (χ2n) is 1.50. The third-order valence-corrected chi connectivity index (χ3v) is 3.65. The van der Waals surface area contributed by atoms with Gasteiger partial charge < -0.3 is 0 Å². The lowest BCUT2D eigenvalue weighted by molar-refractivity contribution is 1.10. The maximum Gasteiger partial charge on any atom is -0.0100 e. The van der Waals surface area contributed by atoms with Crippen molar-refractivity contribution in [2.45, 2.75) is 20.3 Å². The Morgan fingerprint density at radius 2 is 2.00 bits per heavy atom. The smallest absolute Gasteiger partial charge is 0.0100 e. The molecule has 0 aliphatic rings. The maximum absolute atomic E-state index is 5.83. The minimum Gasteiger partial charge on any atom is -0.0964 e. The largest absolute Gasteiger partial charge is 0.0964 e. The van der Waals surface area contributed by atoms with Gasteiger partial charge in [-0.25, -0.2) is 0 Å². The van der Waals surface area contributed by atoms with Crippen molar-refractivity contribution in [3.05, 3.63) is 0 Å². The summed E-state index contributed by atoms with van der Waals surface area (Å²) in [5.41, 5.74) is 0. The first-order chi connectivity index (χ1) is 3.31. The van der Waals surface area contributed by atoms with Crippen molar-refractivity contribution in [1.82, 2.24) is 0 Å². The highest BCUT2D eigenvalue weighted by Gasteiger charge is 1.94. The minimum absolute atomic E-state index is 0.106. The van der Waals surface area contributed by atoms with Gasteiger partial charge in [-0.1, -0.05) is 31.5 Å². The highest BCUT2D eigenvalue weighted by molar-refractivity contribution is 7.83. The van der Waals surface area contributed by atoms with E-state index >= 15 is 0 Å². The molecular formula is C5H12ClP. The van der Waals surface area contributed by atoms with E-state index in [9.17, 15) is 0 Å². The molecule has 0 aromatic heterocycles. The van der Waals surface area contributed by atoms with E-state index in [0.717, 1.165) is 0 Å². The van der Waals surface area contributed by atoms with Crippen LogP contribution in [0.25, 0.3) is 0 Å². The molecule has 0 rings (SSSR count). The second-order valence-corrected chi connectivity index (χ2v) is 4.94. The molecule has 0 aliphatic carbocycles. The first kappa shape index (κ1) is 7.72. The number of hydrogen-bond acceptors (Lipinski definition) is 0. The van der Waals surface area contributed by atoms with Crippen LogP contribution in [0.3, 0.4) is 0 Å². The summed E-state index contributed by atoms with van der Waals surface area (Å²) in [6, 6.07) is 0. The first-order valence-electron chi connectivity index (χ1n) is 2.72. The lowest BCUT2D eigenvalue weighted by atomic mass is 10.6. The van der Waals surface area contributed by atoms with Crippen LogP contribution in [0.1, 0.15) is 20.3 Å². The Morgan fingerprint density at radius 1 is 1.43 bits per heavy atom. The Bertz CT molecular complexity index is 39.1. The minimum atomic E-state index is -0.106.